The predicted octanol–water partition coefficient (Wildman–Crippen LogP) is 3.27. The van der Waals surface area contributed by atoms with E-state index in [0.29, 0.717) is 27.4 Å². The molecule has 2 aromatic rings. The van der Waals surface area contributed by atoms with Crippen molar-refractivity contribution in [2.24, 2.45) is 0 Å². The maximum Gasteiger partial charge on any atom is 0.230 e. The van der Waals surface area contributed by atoms with E-state index in [9.17, 15) is 0 Å². The second kappa shape index (κ2) is 6.24. The molecule has 7 heteroatoms. The SMILES string of the molecule is CCN(CC)c1nc(N)nc(-c2ccc(Cl)cc2Cl)n1. The summed E-state index contributed by atoms with van der Waals surface area (Å²) in [5.41, 5.74) is 6.45. The van der Waals surface area contributed by atoms with Gasteiger partial charge in [0, 0.05) is 23.7 Å². The van der Waals surface area contributed by atoms with Crippen molar-refractivity contribution in [3.8, 4) is 11.4 Å². The molecule has 0 amide bonds. The molecule has 106 valence electrons. The van der Waals surface area contributed by atoms with Gasteiger partial charge >= 0.3 is 0 Å². The molecule has 0 aliphatic carbocycles. The van der Waals surface area contributed by atoms with Crippen molar-refractivity contribution >= 4 is 35.1 Å². The normalized spacial score (nSPS) is 10.6. The lowest BCUT2D eigenvalue weighted by Gasteiger charge is -2.19. The lowest BCUT2D eigenvalue weighted by Crippen LogP contribution is -2.25. The maximum absolute atomic E-state index is 6.18. The lowest BCUT2D eigenvalue weighted by atomic mass is 10.2. The summed E-state index contributed by atoms with van der Waals surface area (Å²) in [5, 5.41) is 1.04. The molecule has 0 fully saturated rings. The fourth-order valence-corrected chi connectivity index (χ4v) is 2.31. The predicted molar refractivity (Wildman–Crippen MR) is 83.3 cm³/mol. The average molecular weight is 312 g/mol. The van der Waals surface area contributed by atoms with Gasteiger partial charge in [0.2, 0.25) is 11.9 Å². The average Bonchev–Trinajstić information content (AvgIpc) is 2.39. The molecule has 5 nitrogen and oxygen atoms in total. The Balaban J connectivity index is 2.51. The zero-order valence-electron chi connectivity index (χ0n) is 11.3. The molecule has 0 bridgehead atoms. The zero-order chi connectivity index (χ0) is 14.7. The highest BCUT2D eigenvalue weighted by Crippen LogP contribution is 2.29. The Hall–Kier alpha value is -1.59. The molecule has 0 radical (unpaired) electrons. The van der Waals surface area contributed by atoms with Crippen molar-refractivity contribution in [2.45, 2.75) is 13.8 Å². The van der Waals surface area contributed by atoms with E-state index >= 15 is 0 Å². The molecule has 0 aliphatic heterocycles. The van der Waals surface area contributed by atoms with Crippen LogP contribution in [0.1, 0.15) is 13.8 Å². The van der Waals surface area contributed by atoms with E-state index < -0.39 is 0 Å². The maximum atomic E-state index is 6.18. The molecular weight excluding hydrogens is 297 g/mol. The molecule has 1 aromatic carbocycles. The topological polar surface area (TPSA) is 67.9 Å². The summed E-state index contributed by atoms with van der Waals surface area (Å²) in [6.07, 6.45) is 0. The van der Waals surface area contributed by atoms with E-state index in [1.54, 1.807) is 18.2 Å². The summed E-state index contributed by atoms with van der Waals surface area (Å²) in [6, 6.07) is 5.15. The Morgan fingerprint density at radius 1 is 1.10 bits per heavy atom. The Labute approximate surface area is 127 Å². The molecule has 0 spiro atoms. The highest BCUT2D eigenvalue weighted by molar-refractivity contribution is 6.36. The van der Waals surface area contributed by atoms with Gasteiger partial charge in [-0.1, -0.05) is 23.2 Å². The van der Waals surface area contributed by atoms with Gasteiger partial charge in [0.15, 0.2) is 5.82 Å². The molecule has 0 saturated carbocycles. The highest BCUT2D eigenvalue weighted by atomic mass is 35.5. The van der Waals surface area contributed by atoms with Gasteiger partial charge < -0.3 is 10.6 Å². The summed E-state index contributed by atoms with van der Waals surface area (Å²) >= 11 is 12.1. The molecule has 1 aromatic heterocycles. The minimum atomic E-state index is 0.169. The van der Waals surface area contributed by atoms with E-state index in [-0.39, 0.29) is 5.95 Å². The van der Waals surface area contributed by atoms with E-state index in [1.165, 1.54) is 0 Å². The summed E-state index contributed by atoms with van der Waals surface area (Å²) in [6.45, 7) is 5.62. The summed E-state index contributed by atoms with van der Waals surface area (Å²) in [5.74, 6) is 1.16. The van der Waals surface area contributed by atoms with Crippen LogP contribution in [0.2, 0.25) is 10.0 Å². The van der Waals surface area contributed by atoms with Crippen LogP contribution in [0, 0.1) is 0 Å². The third-order valence-corrected chi connectivity index (χ3v) is 3.41. The molecule has 0 aliphatic rings. The number of nitrogens with zero attached hydrogens (tertiary/aromatic N) is 4. The van der Waals surface area contributed by atoms with Gasteiger partial charge in [0.05, 0.1) is 5.02 Å². The fourth-order valence-electron chi connectivity index (χ4n) is 1.82. The van der Waals surface area contributed by atoms with Crippen LogP contribution in [0.4, 0.5) is 11.9 Å². The first-order valence-electron chi connectivity index (χ1n) is 6.27. The third kappa shape index (κ3) is 3.11. The molecule has 0 saturated heterocycles. The number of anilines is 2. The van der Waals surface area contributed by atoms with Gasteiger partial charge in [-0.3, -0.25) is 0 Å². The minimum absolute atomic E-state index is 0.169. The van der Waals surface area contributed by atoms with E-state index in [1.807, 2.05) is 18.7 Å². The van der Waals surface area contributed by atoms with E-state index in [2.05, 4.69) is 15.0 Å². The summed E-state index contributed by atoms with van der Waals surface area (Å²) in [4.78, 5) is 14.7. The summed E-state index contributed by atoms with van der Waals surface area (Å²) in [7, 11) is 0. The van der Waals surface area contributed by atoms with Crippen molar-refractivity contribution < 1.29 is 0 Å². The van der Waals surface area contributed by atoms with Crippen LogP contribution in [-0.2, 0) is 0 Å². The van der Waals surface area contributed by atoms with Gasteiger partial charge in [-0.05, 0) is 32.0 Å². The molecule has 2 rings (SSSR count). The quantitative estimate of drug-likeness (QED) is 0.938. The van der Waals surface area contributed by atoms with Crippen LogP contribution >= 0.6 is 23.2 Å². The molecule has 0 atom stereocenters. The molecule has 1 heterocycles. The van der Waals surface area contributed by atoms with Crippen molar-refractivity contribution in [3.05, 3.63) is 28.2 Å². The number of rotatable bonds is 4. The molecule has 20 heavy (non-hydrogen) atoms. The van der Waals surface area contributed by atoms with Crippen molar-refractivity contribution in [3.63, 3.8) is 0 Å². The number of halogens is 2. The third-order valence-electron chi connectivity index (χ3n) is 2.86. The Morgan fingerprint density at radius 2 is 1.80 bits per heavy atom. The van der Waals surface area contributed by atoms with Crippen molar-refractivity contribution in [1.29, 1.82) is 0 Å². The van der Waals surface area contributed by atoms with Crippen LogP contribution in [0.25, 0.3) is 11.4 Å². The van der Waals surface area contributed by atoms with Gasteiger partial charge in [0.1, 0.15) is 0 Å². The highest BCUT2D eigenvalue weighted by Gasteiger charge is 2.13. The van der Waals surface area contributed by atoms with Gasteiger partial charge in [-0.2, -0.15) is 15.0 Å². The standard InChI is InChI=1S/C13H15Cl2N5/c1-3-20(4-2)13-18-11(17-12(16)19-13)9-6-5-8(14)7-10(9)15/h5-7H,3-4H2,1-2H3,(H2,16,17,18,19). The Bertz CT molecular complexity index is 614. The minimum Gasteiger partial charge on any atom is -0.368 e. The zero-order valence-corrected chi connectivity index (χ0v) is 12.8. The van der Waals surface area contributed by atoms with Crippen molar-refractivity contribution in [2.75, 3.05) is 23.7 Å². The summed E-state index contributed by atoms with van der Waals surface area (Å²) < 4.78 is 0. The smallest absolute Gasteiger partial charge is 0.230 e. The van der Waals surface area contributed by atoms with E-state index in [4.69, 9.17) is 28.9 Å². The van der Waals surface area contributed by atoms with Crippen LogP contribution < -0.4 is 10.6 Å². The number of hydrogen-bond acceptors (Lipinski definition) is 5. The first kappa shape index (κ1) is 14.8. The lowest BCUT2D eigenvalue weighted by molar-refractivity contribution is 0.816. The Kier molecular flexibility index (Phi) is 4.62. The number of hydrogen-bond donors (Lipinski definition) is 1. The van der Waals surface area contributed by atoms with Crippen LogP contribution in [0.15, 0.2) is 18.2 Å². The van der Waals surface area contributed by atoms with Crippen LogP contribution in [0.3, 0.4) is 0 Å². The van der Waals surface area contributed by atoms with E-state index in [0.717, 1.165) is 13.1 Å². The van der Waals surface area contributed by atoms with Crippen LogP contribution in [0.5, 0.6) is 0 Å². The first-order chi connectivity index (χ1) is 9.55. The molecular formula is C13H15Cl2N5. The van der Waals surface area contributed by atoms with Crippen LogP contribution in [-0.4, -0.2) is 28.0 Å². The molecule has 2 N–H and O–H groups in total. The largest absolute Gasteiger partial charge is 0.368 e. The monoisotopic (exact) mass is 311 g/mol. The second-order valence-corrected chi connectivity index (χ2v) is 4.96. The fraction of sp³-hybridized carbons (Fsp3) is 0.308. The number of nitrogens with two attached hydrogens (primary N) is 1. The van der Waals surface area contributed by atoms with Gasteiger partial charge in [-0.25, -0.2) is 0 Å². The number of aromatic nitrogens is 3. The Morgan fingerprint density at radius 3 is 2.40 bits per heavy atom. The first-order valence-corrected chi connectivity index (χ1v) is 7.02. The number of benzene rings is 1. The van der Waals surface area contributed by atoms with Crippen molar-refractivity contribution in [1.82, 2.24) is 15.0 Å². The second-order valence-electron chi connectivity index (χ2n) is 4.11. The van der Waals surface area contributed by atoms with Gasteiger partial charge in [-0.15, -0.1) is 0 Å². The van der Waals surface area contributed by atoms with Gasteiger partial charge in [0.25, 0.3) is 0 Å². The molecule has 0 unspecified atom stereocenters. The number of nitrogen functional groups attached to an aromatic ring is 1.